The Morgan fingerprint density at radius 2 is 1.89 bits per heavy atom. The monoisotopic (exact) mass is 267 g/mol. The average molecular weight is 267 g/mol. The van der Waals surface area contributed by atoms with E-state index in [0.717, 1.165) is 43.9 Å². The lowest BCUT2D eigenvalue weighted by atomic mass is 9.79. The first-order valence-electron chi connectivity index (χ1n) is 6.77. The van der Waals surface area contributed by atoms with Crippen LogP contribution in [0.15, 0.2) is 18.2 Å². The summed E-state index contributed by atoms with van der Waals surface area (Å²) in [5, 5.41) is 0. The molecule has 2 nitrogen and oxygen atoms in total. The molecule has 2 rings (SSSR count). The molecule has 1 aliphatic rings. The van der Waals surface area contributed by atoms with Crippen molar-refractivity contribution in [2.45, 2.75) is 32.1 Å². The van der Waals surface area contributed by atoms with E-state index in [0.29, 0.717) is 12.5 Å². The Bertz CT molecular complexity index is 453. The van der Waals surface area contributed by atoms with Gasteiger partial charge in [0.1, 0.15) is 17.4 Å². The summed E-state index contributed by atoms with van der Waals surface area (Å²) >= 11 is 0. The molecule has 0 aliphatic heterocycles. The quantitative estimate of drug-likeness (QED) is 0.911. The molecule has 0 spiro atoms. The molecule has 1 saturated carbocycles. The third-order valence-corrected chi connectivity index (χ3v) is 4.01. The lowest BCUT2D eigenvalue weighted by Gasteiger charge is -2.26. The van der Waals surface area contributed by atoms with Crippen molar-refractivity contribution in [1.29, 1.82) is 0 Å². The Morgan fingerprint density at radius 3 is 2.53 bits per heavy atom. The zero-order valence-electron chi connectivity index (χ0n) is 10.9. The zero-order valence-corrected chi connectivity index (χ0v) is 10.9. The van der Waals surface area contributed by atoms with Gasteiger partial charge in [-0.05, 0) is 61.9 Å². The molecule has 0 saturated heterocycles. The number of carbonyl (C=O) groups is 1. The highest BCUT2D eigenvalue weighted by Crippen LogP contribution is 2.29. The number of hydrogen-bond acceptors (Lipinski definition) is 2. The van der Waals surface area contributed by atoms with Crippen molar-refractivity contribution in [1.82, 2.24) is 0 Å². The topological polar surface area (TPSA) is 43.1 Å². The molecule has 0 aromatic heterocycles. The molecular weight excluding hydrogens is 248 g/mol. The van der Waals surface area contributed by atoms with Crippen LogP contribution in [0.2, 0.25) is 0 Å². The molecule has 2 N–H and O–H groups in total. The first-order valence-corrected chi connectivity index (χ1v) is 6.77. The van der Waals surface area contributed by atoms with Crippen LogP contribution in [-0.2, 0) is 11.2 Å². The molecule has 1 aromatic rings. The summed E-state index contributed by atoms with van der Waals surface area (Å²) in [6.07, 6.45) is 3.54. The Morgan fingerprint density at radius 1 is 1.21 bits per heavy atom. The van der Waals surface area contributed by atoms with Gasteiger partial charge in [0.25, 0.3) is 0 Å². The van der Waals surface area contributed by atoms with E-state index in [4.69, 9.17) is 5.73 Å². The highest BCUT2D eigenvalue weighted by atomic mass is 19.1. The fourth-order valence-electron chi connectivity index (χ4n) is 2.73. The molecule has 4 heteroatoms. The van der Waals surface area contributed by atoms with Gasteiger partial charge in [0.05, 0.1) is 0 Å². The zero-order chi connectivity index (χ0) is 13.8. The Labute approximate surface area is 112 Å². The van der Waals surface area contributed by atoms with Crippen molar-refractivity contribution in [3.63, 3.8) is 0 Å². The number of benzene rings is 1. The average Bonchev–Trinajstić information content (AvgIpc) is 2.43. The highest BCUT2D eigenvalue weighted by Gasteiger charge is 2.26. The second-order valence-electron chi connectivity index (χ2n) is 5.33. The minimum Gasteiger partial charge on any atom is -0.330 e. The molecule has 0 amide bonds. The molecule has 1 aromatic carbocycles. The number of Topliss-reactive ketones (excluding diaryl/α,β-unsaturated/α-hetero) is 1. The maximum absolute atomic E-state index is 13.5. The fraction of sp³-hybridized carbons (Fsp3) is 0.533. The minimum absolute atomic E-state index is 0.0123. The van der Waals surface area contributed by atoms with Gasteiger partial charge in [-0.15, -0.1) is 0 Å². The van der Waals surface area contributed by atoms with Gasteiger partial charge in [-0.25, -0.2) is 8.78 Å². The minimum atomic E-state index is -0.509. The second-order valence-corrected chi connectivity index (χ2v) is 5.33. The Kier molecular flexibility index (Phi) is 4.64. The van der Waals surface area contributed by atoms with Crippen LogP contribution in [0.25, 0.3) is 0 Å². The van der Waals surface area contributed by atoms with Crippen LogP contribution >= 0.6 is 0 Å². The van der Waals surface area contributed by atoms with E-state index in [1.165, 1.54) is 0 Å². The van der Waals surface area contributed by atoms with Gasteiger partial charge in [0.2, 0.25) is 0 Å². The summed E-state index contributed by atoms with van der Waals surface area (Å²) in [4.78, 5) is 12.1. The van der Waals surface area contributed by atoms with Crippen LogP contribution in [0, 0.1) is 23.5 Å². The van der Waals surface area contributed by atoms with Gasteiger partial charge in [0, 0.05) is 12.3 Å². The van der Waals surface area contributed by atoms with Crippen LogP contribution in [0.4, 0.5) is 8.78 Å². The van der Waals surface area contributed by atoms with Gasteiger partial charge >= 0.3 is 0 Å². The molecule has 0 radical (unpaired) electrons. The van der Waals surface area contributed by atoms with E-state index in [9.17, 15) is 13.6 Å². The van der Waals surface area contributed by atoms with Gasteiger partial charge in [-0.3, -0.25) is 4.79 Å². The molecule has 0 heterocycles. The molecule has 0 unspecified atom stereocenters. The summed E-state index contributed by atoms with van der Waals surface area (Å²) in [5.41, 5.74) is 5.77. The lowest BCUT2D eigenvalue weighted by Crippen LogP contribution is -2.26. The lowest BCUT2D eigenvalue weighted by molar-refractivity contribution is -0.123. The largest absolute Gasteiger partial charge is 0.330 e. The summed E-state index contributed by atoms with van der Waals surface area (Å²) in [6.45, 7) is 0.666. The van der Waals surface area contributed by atoms with Crippen molar-refractivity contribution in [3.8, 4) is 0 Å². The van der Waals surface area contributed by atoms with E-state index < -0.39 is 11.6 Å². The molecule has 1 aliphatic carbocycles. The number of hydrogen-bond donors (Lipinski definition) is 1. The molecule has 0 bridgehead atoms. The van der Waals surface area contributed by atoms with Crippen LogP contribution < -0.4 is 5.73 Å². The Balaban J connectivity index is 1.96. The maximum Gasteiger partial charge on any atom is 0.140 e. The summed E-state index contributed by atoms with van der Waals surface area (Å²) in [7, 11) is 0. The summed E-state index contributed by atoms with van der Waals surface area (Å²) in [6, 6.07) is 3.25. The van der Waals surface area contributed by atoms with Crippen molar-refractivity contribution < 1.29 is 13.6 Å². The molecule has 104 valence electrons. The highest BCUT2D eigenvalue weighted by molar-refractivity contribution is 5.83. The first kappa shape index (κ1) is 14.1. The van der Waals surface area contributed by atoms with Crippen LogP contribution in [0.1, 0.15) is 31.2 Å². The third kappa shape index (κ3) is 3.60. The van der Waals surface area contributed by atoms with Gasteiger partial charge in [0.15, 0.2) is 0 Å². The predicted octanol–water partition coefficient (Wildman–Crippen LogP) is 2.84. The van der Waals surface area contributed by atoms with Crippen LogP contribution in [0.5, 0.6) is 0 Å². The van der Waals surface area contributed by atoms with Crippen molar-refractivity contribution in [2.75, 3.05) is 6.54 Å². The molecular formula is C15H19F2NO. The maximum atomic E-state index is 13.5. The molecule has 1 fully saturated rings. The molecule has 19 heavy (non-hydrogen) atoms. The molecule has 0 atom stereocenters. The summed E-state index contributed by atoms with van der Waals surface area (Å²) in [5.74, 6) is -0.512. The summed E-state index contributed by atoms with van der Waals surface area (Å²) < 4.78 is 26.5. The third-order valence-electron chi connectivity index (χ3n) is 4.01. The van der Waals surface area contributed by atoms with E-state index in [-0.39, 0.29) is 23.7 Å². The number of rotatable bonds is 4. The smallest absolute Gasteiger partial charge is 0.140 e. The van der Waals surface area contributed by atoms with Crippen molar-refractivity contribution >= 4 is 5.78 Å². The normalized spacial score (nSPS) is 23.3. The Hall–Kier alpha value is -1.29. The van der Waals surface area contributed by atoms with Gasteiger partial charge in [-0.2, -0.15) is 0 Å². The van der Waals surface area contributed by atoms with Gasteiger partial charge in [-0.1, -0.05) is 0 Å². The van der Waals surface area contributed by atoms with Gasteiger partial charge < -0.3 is 5.73 Å². The number of carbonyl (C=O) groups excluding carboxylic acids is 1. The first-order chi connectivity index (χ1) is 9.10. The SMILES string of the molecule is NCC1CCC(C(=O)Cc2cc(F)ccc2F)CC1. The van der Waals surface area contributed by atoms with Crippen molar-refractivity contribution in [2.24, 2.45) is 17.6 Å². The van der Waals surface area contributed by atoms with E-state index in [1.54, 1.807) is 0 Å². The van der Waals surface area contributed by atoms with E-state index in [2.05, 4.69) is 0 Å². The van der Waals surface area contributed by atoms with Crippen molar-refractivity contribution in [3.05, 3.63) is 35.4 Å². The number of ketones is 1. The van der Waals surface area contributed by atoms with E-state index >= 15 is 0 Å². The predicted molar refractivity (Wildman–Crippen MR) is 69.6 cm³/mol. The van der Waals surface area contributed by atoms with E-state index in [1.807, 2.05) is 0 Å². The standard InChI is InChI=1S/C15H19F2NO/c16-13-5-6-14(17)12(7-13)8-15(19)11-3-1-10(9-18)2-4-11/h5-7,10-11H,1-4,8-9,18H2. The second kappa shape index (κ2) is 6.24. The van der Waals surface area contributed by atoms with Crippen LogP contribution in [-0.4, -0.2) is 12.3 Å². The van der Waals surface area contributed by atoms with Crippen LogP contribution in [0.3, 0.4) is 0 Å². The number of halogens is 2. The fourth-order valence-corrected chi connectivity index (χ4v) is 2.73. The number of nitrogens with two attached hydrogens (primary N) is 1.